The molecule has 0 N–H and O–H groups in total. The molecule has 4 unspecified atom stereocenters. The van der Waals surface area contributed by atoms with E-state index in [-0.39, 0.29) is 18.9 Å². The van der Waals surface area contributed by atoms with Crippen molar-refractivity contribution in [2.24, 2.45) is 0 Å². The molecule has 0 aliphatic carbocycles. The number of aromatic nitrogens is 3. The monoisotopic (exact) mass is 471 g/mol. The van der Waals surface area contributed by atoms with E-state index in [2.05, 4.69) is 15.0 Å². The van der Waals surface area contributed by atoms with Gasteiger partial charge in [-0.2, -0.15) is 0 Å². The van der Waals surface area contributed by atoms with Crippen molar-refractivity contribution in [1.82, 2.24) is 15.0 Å². The average molecular weight is 471 g/mol. The fourth-order valence-corrected chi connectivity index (χ4v) is 3.27. The second kappa shape index (κ2) is 11.4. The number of rotatable bonds is 8. The molecular formula is C19H25N3O11. The van der Waals surface area contributed by atoms with E-state index in [1.807, 2.05) is 0 Å². The Morgan fingerprint density at radius 1 is 0.879 bits per heavy atom. The number of nitrogens with zero attached hydrogens (tertiary/aromatic N) is 3. The van der Waals surface area contributed by atoms with Crippen LogP contribution in [0.2, 0.25) is 0 Å². The van der Waals surface area contributed by atoms with Gasteiger partial charge in [-0.25, -0.2) is 9.48 Å². The number of esters is 5. The van der Waals surface area contributed by atoms with Gasteiger partial charge >= 0.3 is 29.8 Å². The first kappa shape index (κ1) is 25.7. The Morgan fingerprint density at radius 3 is 1.76 bits per heavy atom. The van der Waals surface area contributed by atoms with Crippen molar-refractivity contribution in [1.29, 1.82) is 0 Å². The van der Waals surface area contributed by atoms with Crippen LogP contribution in [-0.2, 0) is 47.6 Å². The third kappa shape index (κ3) is 6.97. The van der Waals surface area contributed by atoms with E-state index in [0.29, 0.717) is 0 Å². The molecule has 1 aromatic rings. The van der Waals surface area contributed by atoms with Gasteiger partial charge in [-0.05, 0) is 0 Å². The van der Waals surface area contributed by atoms with Crippen molar-refractivity contribution in [2.75, 3.05) is 20.3 Å². The molecule has 0 bridgehead atoms. The van der Waals surface area contributed by atoms with Crippen LogP contribution in [-0.4, -0.2) is 89.6 Å². The van der Waals surface area contributed by atoms with E-state index in [1.54, 1.807) is 0 Å². The topological polar surface area (TPSA) is 171 Å². The third-order valence-corrected chi connectivity index (χ3v) is 4.47. The zero-order valence-corrected chi connectivity index (χ0v) is 18.7. The van der Waals surface area contributed by atoms with Crippen molar-refractivity contribution in [3.8, 4) is 0 Å². The molecule has 2 rings (SSSR count). The highest BCUT2D eigenvalue weighted by Crippen LogP contribution is 2.35. The smallest absolute Gasteiger partial charge is 0.360 e. The second-order valence-corrected chi connectivity index (χ2v) is 7.03. The predicted octanol–water partition coefficient (Wildman–Crippen LogP) is -0.637. The summed E-state index contributed by atoms with van der Waals surface area (Å²) in [5.41, 5.74) is -0.166. The summed E-state index contributed by atoms with van der Waals surface area (Å²) in [6.45, 7) is 3.97. The van der Waals surface area contributed by atoms with Crippen LogP contribution in [0.4, 0.5) is 0 Å². The van der Waals surface area contributed by atoms with E-state index < -0.39 is 60.3 Å². The van der Waals surface area contributed by atoms with E-state index in [9.17, 15) is 24.0 Å². The summed E-state index contributed by atoms with van der Waals surface area (Å²) < 4.78 is 32.6. The maximum absolute atomic E-state index is 11.9. The first-order valence-corrected chi connectivity index (χ1v) is 9.80. The van der Waals surface area contributed by atoms with Crippen LogP contribution in [0.25, 0.3) is 0 Å². The molecule has 1 aliphatic rings. The van der Waals surface area contributed by atoms with E-state index in [4.69, 9.17) is 23.7 Å². The largest absolute Gasteiger partial charge is 0.464 e. The number of hydrogen-bond donors (Lipinski definition) is 0. The average Bonchev–Trinajstić information content (AvgIpc) is 3.20. The SMILES string of the molecule is COC(=O)c1cn(C2C(OC(C)=O)C(COC(C)=O)OC(COC(C)=O)C2OC(C)=O)nn1. The molecule has 1 aliphatic heterocycles. The number of methoxy groups -OCH3 is 1. The molecule has 33 heavy (non-hydrogen) atoms. The molecule has 1 saturated heterocycles. The molecule has 2 heterocycles. The van der Waals surface area contributed by atoms with Gasteiger partial charge in [0.2, 0.25) is 0 Å². The lowest BCUT2D eigenvalue weighted by molar-refractivity contribution is -0.235. The van der Waals surface area contributed by atoms with Gasteiger partial charge in [-0.3, -0.25) is 19.2 Å². The molecule has 0 radical (unpaired) electrons. The fourth-order valence-electron chi connectivity index (χ4n) is 3.27. The van der Waals surface area contributed by atoms with Crippen LogP contribution < -0.4 is 0 Å². The highest BCUT2D eigenvalue weighted by atomic mass is 16.6. The normalized spacial score (nSPS) is 24.3. The van der Waals surface area contributed by atoms with Gasteiger partial charge < -0.3 is 28.4 Å². The first-order valence-electron chi connectivity index (χ1n) is 9.80. The van der Waals surface area contributed by atoms with E-state index in [0.717, 1.165) is 25.6 Å². The molecule has 14 heteroatoms. The lowest BCUT2D eigenvalue weighted by atomic mass is 9.92. The summed E-state index contributed by atoms with van der Waals surface area (Å²) in [6.07, 6.45) is -3.33. The van der Waals surface area contributed by atoms with Crippen molar-refractivity contribution >= 4 is 29.8 Å². The van der Waals surface area contributed by atoms with Crippen molar-refractivity contribution in [2.45, 2.75) is 58.2 Å². The van der Waals surface area contributed by atoms with Gasteiger partial charge in [0.1, 0.15) is 31.5 Å². The lowest BCUT2D eigenvalue weighted by Crippen LogP contribution is -2.59. The Balaban J connectivity index is 2.56. The van der Waals surface area contributed by atoms with Gasteiger partial charge in [-0.1, -0.05) is 5.21 Å². The summed E-state index contributed by atoms with van der Waals surface area (Å²) in [5, 5.41) is 7.63. The Morgan fingerprint density at radius 2 is 1.36 bits per heavy atom. The quantitative estimate of drug-likeness (QED) is 0.347. The van der Waals surface area contributed by atoms with Gasteiger partial charge in [0.25, 0.3) is 0 Å². The van der Waals surface area contributed by atoms with E-state index in [1.165, 1.54) is 20.0 Å². The van der Waals surface area contributed by atoms with Crippen LogP contribution in [0.1, 0.15) is 44.2 Å². The Bertz CT molecular complexity index is 855. The molecule has 0 amide bonds. The van der Waals surface area contributed by atoms with Crippen LogP contribution >= 0.6 is 0 Å². The summed E-state index contributed by atoms with van der Waals surface area (Å²) in [6, 6.07) is -1.10. The van der Waals surface area contributed by atoms with Crippen LogP contribution in [0.15, 0.2) is 6.20 Å². The molecule has 0 saturated carbocycles. The number of ether oxygens (including phenoxy) is 6. The van der Waals surface area contributed by atoms with Gasteiger partial charge in [0.15, 0.2) is 17.9 Å². The minimum absolute atomic E-state index is 0.166. The Hall–Kier alpha value is -3.55. The summed E-state index contributed by atoms with van der Waals surface area (Å²) in [4.78, 5) is 58.4. The number of carbonyl (C=O) groups is 5. The zero-order chi connectivity index (χ0) is 24.7. The van der Waals surface area contributed by atoms with Crippen LogP contribution in [0.5, 0.6) is 0 Å². The Labute approximate surface area is 188 Å². The van der Waals surface area contributed by atoms with Crippen molar-refractivity contribution in [3.05, 3.63) is 11.9 Å². The van der Waals surface area contributed by atoms with Gasteiger partial charge in [-0.15, -0.1) is 5.10 Å². The highest BCUT2D eigenvalue weighted by Gasteiger charge is 2.52. The molecule has 4 atom stereocenters. The summed E-state index contributed by atoms with van der Waals surface area (Å²) in [5.74, 6) is -3.45. The van der Waals surface area contributed by atoms with Crippen molar-refractivity contribution in [3.63, 3.8) is 0 Å². The fraction of sp³-hybridized carbons (Fsp3) is 0.632. The number of hydrogen-bond acceptors (Lipinski definition) is 13. The molecular weight excluding hydrogens is 446 g/mol. The summed E-state index contributed by atoms with van der Waals surface area (Å²) in [7, 11) is 1.16. The Kier molecular flexibility index (Phi) is 8.85. The molecule has 182 valence electrons. The molecule has 0 spiro atoms. The lowest BCUT2D eigenvalue weighted by Gasteiger charge is -2.44. The minimum atomic E-state index is -1.20. The van der Waals surface area contributed by atoms with Gasteiger partial charge in [0, 0.05) is 27.7 Å². The minimum Gasteiger partial charge on any atom is -0.464 e. The summed E-state index contributed by atoms with van der Waals surface area (Å²) >= 11 is 0. The van der Waals surface area contributed by atoms with E-state index >= 15 is 0 Å². The standard InChI is InChI=1S/C19H25N3O11/c1-9(23)29-7-14-17(31-11(3)25)16(22-6-13(20-21-22)19(27)28-5)18(32-12(4)26)15(33-14)8-30-10(2)24/h6,14-18H,7-8H2,1-5H3. The maximum atomic E-state index is 11.9. The highest BCUT2D eigenvalue weighted by molar-refractivity contribution is 5.86. The first-order chi connectivity index (χ1) is 15.5. The third-order valence-electron chi connectivity index (χ3n) is 4.47. The molecule has 1 fully saturated rings. The second-order valence-electron chi connectivity index (χ2n) is 7.03. The maximum Gasteiger partial charge on any atom is 0.360 e. The van der Waals surface area contributed by atoms with Crippen molar-refractivity contribution < 1.29 is 52.4 Å². The predicted molar refractivity (Wildman–Crippen MR) is 103 cm³/mol. The molecule has 1 aromatic heterocycles. The molecule has 0 aromatic carbocycles. The number of carbonyl (C=O) groups excluding carboxylic acids is 5. The van der Waals surface area contributed by atoms with Gasteiger partial charge in [0.05, 0.1) is 13.3 Å². The zero-order valence-electron chi connectivity index (χ0n) is 18.7. The van der Waals surface area contributed by atoms with Crippen LogP contribution in [0, 0.1) is 0 Å². The van der Waals surface area contributed by atoms with Crippen LogP contribution in [0.3, 0.4) is 0 Å². The molecule has 14 nitrogen and oxygen atoms in total.